The summed E-state index contributed by atoms with van der Waals surface area (Å²) >= 11 is 0. The fourth-order valence-corrected chi connectivity index (χ4v) is 4.66. The van der Waals surface area contributed by atoms with Crippen LogP contribution in [0.15, 0.2) is 53.4 Å². The van der Waals surface area contributed by atoms with Gasteiger partial charge in [-0.25, -0.2) is 12.8 Å². The number of rotatable bonds is 8. The van der Waals surface area contributed by atoms with Crippen LogP contribution in [0.2, 0.25) is 0 Å². The van der Waals surface area contributed by atoms with E-state index in [1.165, 1.54) is 12.1 Å². The number of hydrogen-bond donors (Lipinski definition) is 1. The molecule has 1 saturated heterocycles. The second kappa shape index (κ2) is 10.1. The smallest absolute Gasteiger partial charge is 0.221 e. The van der Waals surface area contributed by atoms with Crippen molar-refractivity contribution >= 4 is 15.7 Å². The van der Waals surface area contributed by atoms with E-state index in [1.807, 2.05) is 6.92 Å². The number of carbonyl (C=O) groups excluding carboxylic acids is 1. The van der Waals surface area contributed by atoms with Gasteiger partial charge in [-0.05, 0) is 36.8 Å². The van der Waals surface area contributed by atoms with Gasteiger partial charge in [-0.1, -0.05) is 29.8 Å². The van der Waals surface area contributed by atoms with E-state index in [0.717, 1.165) is 11.1 Å². The van der Waals surface area contributed by atoms with Crippen LogP contribution < -0.4 is 5.32 Å². The van der Waals surface area contributed by atoms with Crippen molar-refractivity contribution in [2.75, 3.05) is 38.6 Å². The molecule has 0 aromatic heterocycles. The lowest BCUT2D eigenvalue weighted by Crippen LogP contribution is -2.44. The summed E-state index contributed by atoms with van der Waals surface area (Å²) in [7, 11) is -3.52. The highest BCUT2D eigenvalue weighted by atomic mass is 32.2. The molecule has 2 aromatic rings. The Kier molecular flexibility index (Phi) is 7.58. The number of ether oxygens (including phenoxy) is 1. The van der Waals surface area contributed by atoms with Crippen LogP contribution in [-0.2, 0) is 19.4 Å². The van der Waals surface area contributed by atoms with Crippen LogP contribution in [0.1, 0.15) is 23.6 Å². The number of sulfone groups is 1. The van der Waals surface area contributed by atoms with E-state index in [9.17, 15) is 17.6 Å². The van der Waals surface area contributed by atoms with Crippen molar-refractivity contribution in [2.24, 2.45) is 0 Å². The van der Waals surface area contributed by atoms with Gasteiger partial charge in [0.15, 0.2) is 9.84 Å². The van der Waals surface area contributed by atoms with Crippen molar-refractivity contribution in [3.05, 3.63) is 65.5 Å². The molecule has 1 aliphatic rings. The summed E-state index contributed by atoms with van der Waals surface area (Å²) in [4.78, 5) is 14.8. The zero-order valence-corrected chi connectivity index (χ0v) is 17.8. The Hall–Kier alpha value is -2.29. The Morgan fingerprint density at radius 1 is 1.10 bits per heavy atom. The molecular weight excluding hydrogens is 407 g/mol. The van der Waals surface area contributed by atoms with E-state index in [-0.39, 0.29) is 34.8 Å². The number of nitrogens with zero attached hydrogens (tertiary/aromatic N) is 1. The van der Waals surface area contributed by atoms with Gasteiger partial charge in [0.05, 0.1) is 29.9 Å². The quantitative estimate of drug-likeness (QED) is 0.691. The van der Waals surface area contributed by atoms with Gasteiger partial charge >= 0.3 is 0 Å². The summed E-state index contributed by atoms with van der Waals surface area (Å²) in [5.41, 5.74) is 1.87. The van der Waals surface area contributed by atoms with Gasteiger partial charge in [-0.15, -0.1) is 0 Å². The predicted octanol–water partition coefficient (Wildman–Crippen LogP) is 2.49. The number of hydrogen-bond acceptors (Lipinski definition) is 5. The highest BCUT2D eigenvalue weighted by Crippen LogP contribution is 2.22. The number of morpholine rings is 1. The summed E-state index contributed by atoms with van der Waals surface area (Å²) < 4.78 is 43.6. The minimum Gasteiger partial charge on any atom is -0.379 e. The molecule has 3 rings (SSSR count). The number of carbonyl (C=O) groups is 1. The third-order valence-corrected chi connectivity index (χ3v) is 6.94. The van der Waals surface area contributed by atoms with E-state index in [1.54, 1.807) is 36.4 Å². The Morgan fingerprint density at radius 2 is 1.73 bits per heavy atom. The predicted molar refractivity (Wildman–Crippen MR) is 112 cm³/mol. The summed E-state index contributed by atoms with van der Waals surface area (Å²) in [5.74, 6) is -0.892. The highest BCUT2D eigenvalue weighted by Gasteiger charge is 2.24. The molecule has 0 spiro atoms. The van der Waals surface area contributed by atoms with E-state index >= 15 is 0 Å². The van der Waals surface area contributed by atoms with Gasteiger partial charge in [-0.2, -0.15) is 0 Å². The summed E-state index contributed by atoms with van der Waals surface area (Å²) in [5, 5.41) is 2.85. The summed E-state index contributed by atoms with van der Waals surface area (Å²) in [6.45, 7) is 4.81. The van der Waals surface area contributed by atoms with Gasteiger partial charge in [0.25, 0.3) is 0 Å². The Balaban J connectivity index is 1.59. The molecule has 30 heavy (non-hydrogen) atoms. The lowest BCUT2D eigenvalue weighted by molar-refractivity contribution is -0.121. The SMILES string of the molecule is Cc1ccc(S(=O)(=O)CCC(=O)NCC(c2ccc(F)cc2)N2CCOCC2)cc1. The number of aryl methyl sites for hydroxylation is 1. The molecule has 2 aromatic carbocycles. The van der Waals surface area contributed by atoms with Crippen LogP contribution in [0, 0.1) is 12.7 Å². The van der Waals surface area contributed by atoms with Crippen LogP contribution in [0.4, 0.5) is 4.39 Å². The Morgan fingerprint density at radius 3 is 2.37 bits per heavy atom. The van der Waals surface area contributed by atoms with Crippen molar-refractivity contribution in [1.82, 2.24) is 10.2 Å². The number of halogens is 1. The van der Waals surface area contributed by atoms with Gasteiger partial charge in [0, 0.05) is 26.1 Å². The molecule has 1 atom stereocenters. The largest absolute Gasteiger partial charge is 0.379 e. The molecule has 1 fully saturated rings. The van der Waals surface area contributed by atoms with E-state index in [4.69, 9.17) is 4.74 Å². The van der Waals surface area contributed by atoms with Crippen LogP contribution >= 0.6 is 0 Å². The Bertz CT molecular complexity index is 940. The topological polar surface area (TPSA) is 75.7 Å². The van der Waals surface area contributed by atoms with Crippen molar-refractivity contribution in [3.8, 4) is 0 Å². The lowest BCUT2D eigenvalue weighted by Gasteiger charge is -2.35. The van der Waals surface area contributed by atoms with Gasteiger partial charge in [0.1, 0.15) is 5.82 Å². The molecule has 162 valence electrons. The van der Waals surface area contributed by atoms with Crippen molar-refractivity contribution in [3.63, 3.8) is 0 Å². The fourth-order valence-electron chi connectivity index (χ4n) is 3.42. The van der Waals surface area contributed by atoms with Crippen LogP contribution in [-0.4, -0.2) is 57.8 Å². The average Bonchev–Trinajstić information content (AvgIpc) is 2.75. The monoisotopic (exact) mass is 434 g/mol. The maximum Gasteiger partial charge on any atom is 0.221 e. The van der Waals surface area contributed by atoms with Crippen LogP contribution in [0.3, 0.4) is 0 Å². The van der Waals surface area contributed by atoms with Gasteiger partial charge in [-0.3, -0.25) is 9.69 Å². The number of nitrogens with one attached hydrogen (secondary N) is 1. The van der Waals surface area contributed by atoms with Gasteiger partial charge < -0.3 is 10.1 Å². The second-order valence-electron chi connectivity index (χ2n) is 7.40. The van der Waals surface area contributed by atoms with Crippen molar-refractivity contribution < 1.29 is 22.3 Å². The first kappa shape index (κ1) is 22.4. The normalized spacial score (nSPS) is 16.2. The fraction of sp³-hybridized carbons (Fsp3) is 0.409. The third-order valence-electron chi connectivity index (χ3n) is 5.21. The zero-order valence-electron chi connectivity index (χ0n) is 17.0. The molecule has 0 saturated carbocycles. The molecule has 1 unspecified atom stereocenters. The van der Waals surface area contributed by atoms with Crippen LogP contribution in [0.5, 0.6) is 0 Å². The standard InChI is InChI=1S/C22H27FN2O4S/c1-17-2-8-20(9-3-17)30(27,28)15-10-22(26)24-16-21(25-11-13-29-14-12-25)18-4-6-19(23)7-5-18/h2-9,21H,10-16H2,1H3,(H,24,26). The molecule has 0 bridgehead atoms. The lowest BCUT2D eigenvalue weighted by atomic mass is 10.0. The number of amides is 1. The molecule has 1 N–H and O–H groups in total. The van der Waals surface area contributed by atoms with E-state index < -0.39 is 9.84 Å². The van der Waals surface area contributed by atoms with E-state index in [0.29, 0.717) is 32.8 Å². The van der Waals surface area contributed by atoms with E-state index in [2.05, 4.69) is 10.2 Å². The molecule has 1 amide bonds. The van der Waals surface area contributed by atoms with Crippen LogP contribution in [0.25, 0.3) is 0 Å². The molecule has 0 radical (unpaired) electrons. The molecular formula is C22H27FN2O4S. The first-order chi connectivity index (χ1) is 14.3. The van der Waals surface area contributed by atoms with Gasteiger partial charge in [0.2, 0.25) is 5.91 Å². The first-order valence-electron chi connectivity index (χ1n) is 9.98. The zero-order chi connectivity index (χ0) is 21.6. The minimum absolute atomic E-state index is 0.116. The molecule has 6 nitrogen and oxygen atoms in total. The Labute approximate surface area is 177 Å². The summed E-state index contributed by atoms with van der Waals surface area (Å²) in [6, 6.07) is 12.7. The van der Waals surface area contributed by atoms with Crippen molar-refractivity contribution in [1.29, 1.82) is 0 Å². The average molecular weight is 435 g/mol. The summed E-state index contributed by atoms with van der Waals surface area (Å²) in [6.07, 6.45) is -0.116. The third kappa shape index (κ3) is 6.10. The molecule has 8 heteroatoms. The van der Waals surface area contributed by atoms with Crippen molar-refractivity contribution in [2.45, 2.75) is 24.3 Å². The highest BCUT2D eigenvalue weighted by molar-refractivity contribution is 7.91. The molecule has 1 aliphatic heterocycles. The number of benzene rings is 2. The first-order valence-corrected chi connectivity index (χ1v) is 11.6. The molecule has 0 aliphatic carbocycles. The second-order valence-corrected chi connectivity index (χ2v) is 9.51. The minimum atomic E-state index is -3.52. The molecule has 1 heterocycles. The maximum absolute atomic E-state index is 13.3. The maximum atomic E-state index is 13.3.